The SMILES string of the molecule is Brc1ccccc1.CI. The third-order valence-corrected chi connectivity index (χ3v) is 1.26. The van der Waals surface area contributed by atoms with Crippen LogP contribution in [0.3, 0.4) is 0 Å². The van der Waals surface area contributed by atoms with Crippen LogP contribution in [0.1, 0.15) is 0 Å². The van der Waals surface area contributed by atoms with Gasteiger partial charge in [-0.25, -0.2) is 0 Å². The molecule has 0 nitrogen and oxygen atoms in total. The van der Waals surface area contributed by atoms with Crippen LogP contribution < -0.4 is 0 Å². The van der Waals surface area contributed by atoms with E-state index in [0.29, 0.717) is 0 Å². The van der Waals surface area contributed by atoms with Gasteiger partial charge in [-0.1, -0.05) is 56.7 Å². The molecule has 0 unspecified atom stereocenters. The second-order valence-electron chi connectivity index (χ2n) is 1.30. The molecule has 0 heterocycles. The van der Waals surface area contributed by atoms with Crippen molar-refractivity contribution in [3.05, 3.63) is 34.8 Å². The first-order valence-corrected chi connectivity index (χ1v) is 5.43. The van der Waals surface area contributed by atoms with E-state index in [2.05, 4.69) is 38.5 Å². The van der Waals surface area contributed by atoms with Crippen molar-refractivity contribution in [1.82, 2.24) is 0 Å². The Kier molecular flexibility index (Phi) is 6.86. The van der Waals surface area contributed by atoms with Crippen molar-refractivity contribution in [3.63, 3.8) is 0 Å². The zero-order valence-electron chi connectivity index (χ0n) is 5.14. The maximum Gasteiger partial charge on any atom is 0.0175 e. The third kappa shape index (κ3) is 4.90. The van der Waals surface area contributed by atoms with Crippen LogP contribution in [0.4, 0.5) is 0 Å². The maximum atomic E-state index is 3.31. The largest absolute Gasteiger partial charge is 0.0901 e. The lowest BCUT2D eigenvalue weighted by Crippen LogP contribution is -1.55. The smallest absolute Gasteiger partial charge is 0.0175 e. The molecule has 0 fully saturated rings. The van der Waals surface area contributed by atoms with Crippen LogP contribution >= 0.6 is 38.5 Å². The molecule has 1 rings (SSSR count). The van der Waals surface area contributed by atoms with E-state index >= 15 is 0 Å². The number of halogens is 2. The van der Waals surface area contributed by atoms with E-state index in [9.17, 15) is 0 Å². The molecule has 0 aliphatic carbocycles. The molecule has 1 aromatic carbocycles. The second kappa shape index (κ2) is 6.55. The van der Waals surface area contributed by atoms with Gasteiger partial charge in [-0.3, -0.25) is 0 Å². The van der Waals surface area contributed by atoms with Gasteiger partial charge in [0, 0.05) is 4.47 Å². The van der Waals surface area contributed by atoms with Crippen molar-refractivity contribution in [2.45, 2.75) is 0 Å². The molecule has 0 radical (unpaired) electrons. The van der Waals surface area contributed by atoms with Crippen molar-refractivity contribution in [2.24, 2.45) is 0 Å². The standard InChI is InChI=1S/C6H5Br.CH3I/c7-6-4-2-1-3-5-6;1-2/h1-5H;1H3. The molecule has 0 bridgehead atoms. The Balaban J connectivity index is 0.000000291. The summed E-state index contributed by atoms with van der Waals surface area (Å²) in [6, 6.07) is 9.97. The summed E-state index contributed by atoms with van der Waals surface area (Å²) in [5, 5.41) is 0. The Labute approximate surface area is 77.9 Å². The van der Waals surface area contributed by atoms with Gasteiger partial charge >= 0.3 is 0 Å². The number of rotatable bonds is 0. The molecule has 0 spiro atoms. The van der Waals surface area contributed by atoms with Crippen LogP contribution in [0.25, 0.3) is 0 Å². The molecule has 0 saturated heterocycles. The minimum atomic E-state index is 1.13. The summed E-state index contributed by atoms with van der Waals surface area (Å²) < 4.78 is 1.13. The summed E-state index contributed by atoms with van der Waals surface area (Å²) in [6.45, 7) is 0. The maximum absolute atomic E-state index is 3.31. The zero-order chi connectivity index (χ0) is 7.11. The molecule has 0 aliphatic heterocycles. The van der Waals surface area contributed by atoms with Crippen LogP contribution in [-0.2, 0) is 0 Å². The highest BCUT2D eigenvalue weighted by atomic mass is 127. The first-order chi connectivity index (χ1) is 4.39. The van der Waals surface area contributed by atoms with E-state index in [1.165, 1.54) is 0 Å². The summed E-state index contributed by atoms with van der Waals surface area (Å²) in [5.41, 5.74) is 0. The van der Waals surface area contributed by atoms with Crippen LogP contribution in [0.5, 0.6) is 0 Å². The van der Waals surface area contributed by atoms with Crippen molar-refractivity contribution in [2.75, 3.05) is 4.93 Å². The van der Waals surface area contributed by atoms with Crippen LogP contribution in [0, 0.1) is 0 Å². The zero-order valence-corrected chi connectivity index (χ0v) is 8.89. The van der Waals surface area contributed by atoms with Gasteiger partial charge in [-0.05, 0) is 17.1 Å². The van der Waals surface area contributed by atoms with Gasteiger partial charge in [0.05, 0.1) is 0 Å². The highest BCUT2D eigenvalue weighted by Gasteiger charge is 1.74. The summed E-state index contributed by atoms with van der Waals surface area (Å²) in [6.07, 6.45) is 0. The predicted molar refractivity (Wildman–Crippen MR) is 54.1 cm³/mol. The molecule has 0 atom stereocenters. The van der Waals surface area contributed by atoms with Gasteiger partial charge < -0.3 is 0 Å². The van der Waals surface area contributed by atoms with Crippen molar-refractivity contribution >= 4 is 38.5 Å². The number of benzene rings is 1. The average molecular weight is 299 g/mol. The molecular formula is C7H8BrI. The van der Waals surface area contributed by atoms with Gasteiger partial charge in [0.2, 0.25) is 0 Å². The normalized spacial score (nSPS) is 7.44. The third-order valence-electron chi connectivity index (χ3n) is 0.733. The Hall–Kier alpha value is 0.430. The summed E-state index contributed by atoms with van der Waals surface area (Å²) >= 11 is 5.46. The topological polar surface area (TPSA) is 0 Å². The highest BCUT2D eigenvalue weighted by Crippen LogP contribution is 2.05. The summed E-state index contributed by atoms with van der Waals surface area (Å²) in [7, 11) is 0. The average Bonchev–Trinajstić information content (AvgIpc) is 1.94. The van der Waals surface area contributed by atoms with Crippen molar-refractivity contribution in [3.8, 4) is 0 Å². The molecule has 2 heteroatoms. The van der Waals surface area contributed by atoms with Gasteiger partial charge in [0.25, 0.3) is 0 Å². The molecule has 0 amide bonds. The molecule has 1 aromatic rings. The molecule has 0 saturated carbocycles. The first kappa shape index (κ1) is 9.43. The van der Waals surface area contributed by atoms with Crippen molar-refractivity contribution in [1.29, 1.82) is 0 Å². The van der Waals surface area contributed by atoms with E-state index in [1.807, 2.05) is 35.3 Å². The fourth-order valence-corrected chi connectivity index (χ4v) is 0.720. The molecule has 50 valence electrons. The quantitative estimate of drug-likeness (QED) is 0.508. The van der Waals surface area contributed by atoms with E-state index in [4.69, 9.17) is 0 Å². The molecule has 0 aliphatic rings. The minimum absolute atomic E-state index is 1.13. The van der Waals surface area contributed by atoms with Gasteiger partial charge in [-0.15, -0.1) is 0 Å². The lowest BCUT2D eigenvalue weighted by Gasteiger charge is -1.80. The van der Waals surface area contributed by atoms with Crippen LogP contribution in [0.15, 0.2) is 34.8 Å². The molecular weight excluding hydrogens is 291 g/mol. The Morgan fingerprint density at radius 2 is 1.56 bits per heavy atom. The molecule has 0 aromatic heterocycles. The number of alkyl halides is 1. The number of hydrogen-bond acceptors (Lipinski definition) is 0. The van der Waals surface area contributed by atoms with Crippen LogP contribution in [0.2, 0.25) is 0 Å². The van der Waals surface area contributed by atoms with E-state index in [-0.39, 0.29) is 0 Å². The predicted octanol–water partition coefficient (Wildman–Crippen LogP) is 3.50. The second-order valence-corrected chi connectivity index (χ2v) is 2.21. The summed E-state index contributed by atoms with van der Waals surface area (Å²) in [4.78, 5) is 1.97. The Morgan fingerprint density at radius 3 is 1.78 bits per heavy atom. The van der Waals surface area contributed by atoms with E-state index in [0.717, 1.165) is 4.47 Å². The van der Waals surface area contributed by atoms with Gasteiger partial charge in [0.1, 0.15) is 0 Å². The lowest BCUT2D eigenvalue weighted by atomic mass is 10.4. The first-order valence-electron chi connectivity index (χ1n) is 2.48. The fourth-order valence-electron chi connectivity index (χ4n) is 0.415. The minimum Gasteiger partial charge on any atom is -0.0901 e. The van der Waals surface area contributed by atoms with Crippen molar-refractivity contribution < 1.29 is 0 Å². The molecule has 0 N–H and O–H groups in total. The fraction of sp³-hybridized carbons (Fsp3) is 0.143. The number of hydrogen-bond donors (Lipinski definition) is 0. The van der Waals surface area contributed by atoms with Crippen LogP contribution in [-0.4, -0.2) is 4.93 Å². The van der Waals surface area contributed by atoms with Gasteiger partial charge in [-0.2, -0.15) is 0 Å². The summed E-state index contributed by atoms with van der Waals surface area (Å²) in [5.74, 6) is 0. The molecule has 9 heavy (non-hydrogen) atoms. The lowest BCUT2D eigenvalue weighted by molar-refractivity contribution is 1.66. The monoisotopic (exact) mass is 298 g/mol. The Morgan fingerprint density at radius 1 is 1.11 bits per heavy atom. The Bertz CT molecular complexity index is 139. The van der Waals surface area contributed by atoms with E-state index < -0.39 is 0 Å². The van der Waals surface area contributed by atoms with Gasteiger partial charge in [0.15, 0.2) is 0 Å². The van der Waals surface area contributed by atoms with E-state index in [1.54, 1.807) is 0 Å². The highest BCUT2D eigenvalue weighted by molar-refractivity contribution is 14.1.